The van der Waals surface area contributed by atoms with Gasteiger partial charge >= 0.3 is 0 Å². The predicted molar refractivity (Wildman–Crippen MR) is 127 cm³/mol. The first kappa shape index (κ1) is 23.8. The molecule has 182 valence electrons. The molecule has 0 radical (unpaired) electrons. The van der Waals surface area contributed by atoms with Gasteiger partial charge in [-0.3, -0.25) is 10.1 Å². The third-order valence-electron chi connectivity index (χ3n) is 5.14. The second kappa shape index (κ2) is 11.2. The molecule has 0 spiro atoms. The first-order chi connectivity index (χ1) is 17.0. The van der Waals surface area contributed by atoms with Gasteiger partial charge in [-0.15, -0.1) is 0 Å². The van der Waals surface area contributed by atoms with Crippen molar-refractivity contribution >= 4 is 23.7 Å². The Kier molecular flexibility index (Phi) is 7.63. The molecule has 3 aromatic rings. The van der Waals surface area contributed by atoms with Gasteiger partial charge in [-0.05, 0) is 41.5 Å². The fourth-order valence-electron chi connectivity index (χ4n) is 3.33. The van der Waals surface area contributed by atoms with E-state index in [0.717, 1.165) is 11.8 Å². The van der Waals surface area contributed by atoms with Gasteiger partial charge in [0.25, 0.3) is 5.69 Å². The Hall–Kier alpha value is -4.32. The summed E-state index contributed by atoms with van der Waals surface area (Å²) in [5, 5.41) is 14.9. The van der Waals surface area contributed by atoms with Gasteiger partial charge in [0.05, 0.1) is 37.7 Å². The first-order valence-electron chi connectivity index (χ1n) is 10.7. The fraction of sp³-hybridized carbons (Fsp3) is 0.261. The number of nitrogens with one attached hydrogen (secondary N) is 1. The molecule has 11 nitrogen and oxygen atoms in total. The van der Waals surface area contributed by atoms with Crippen LogP contribution in [0.1, 0.15) is 11.1 Å². The molecule has 1 saturated heterocycles. The van der Waals surface area contributed by atoms with E-state index in [4.69, 9.17) is 14.2 Å². The van der Waals surface area contributed by atoms with E-state index in [1.807, 2.05) is 0 Å². The number of methoxy groups -OCH3 is 1. The topological polar surface area (TPSA) is 124 Å². The van der Waals surface area contributed by atoms with Crippen molar-refractivity contribution in [1.29, 1.82) is 0 Å². The van der Waals surface area contributed by atoms with Crippen molar-refractivity contribution in [3.05, 3.63) is 75.7 Å². The standard InChI is InChI=1S/C23H23FN6O5/c1-33-21-12-17(4-7-20(21)35-15-16-2-5-18(6-3-16)30(31)32)13-26-28-23-25-14-19(24)22(27-23)29-8-10-34-11-9-29/h2-7,12-14H,8-11,15H2,1H3,(H,25,27,28)/b26-13+. The molecule has 0 saturated carbocycles. The maximum absolute atomic E-state index is 14.2. The smallest absolute Gasteiger partial charge is 0.269 e. The van der Waals surface area contributed by atoms with Gasteiger partial charge in [0, 0.05) is 25.2 Å². The summed E-state index contributed by atoms with van der Waals surface area (Å²) in [6.07, 6.45) is 2.65. The molecule has 1 aromatic heterocycles. The molecule has 2 heterocycles. The van der Waals surface area contributed by atoms with E-state index in [1.165, 1.54) is 19.2 Å². The minimum Gasteiger partial charge on any atom is -0.493 e. The van der Waals surface area contributed by atoms with Crippen LogP contribution in [-0.4, -0.2) is 54.5 Å². The van der Waals surface area contributed by atoms with Crippen LogP contribution < -0.4 is 19.8 Å². The van der Waals surface area contributed by atoms with Crippen LogP contribution in [0.2, 0.25) is 0 Å². The molecule has 0 aliphatic carbocycles. The second-order valence-electron chi connectivity index (χ2n) is 7.46. The van der Waals surface area contributed by atoms with E-state index < -0.39 is 10.7 Å². The van der Waals surface area contributed by atoms with Gasteiger partial charge in [-0.25, -0.2) is 14.8 Å². The lowest BCUT2D eigenvalue weighted by Gasteiger charge is -2.27. The minimum atomic E-state index is -0.504. The molecule has 1 aliphatic heterocycles. The summed E-state index contributed by atoms with van der Waals surface area (Å²) in [5.41, 5.74) is 4.23. The van der Waals surface area contributed by atoms with Gasteiger partial charge in [0.1, 0.15) is 6.61 Å². The number of rotatable bonds is 9. The third kappa shape index (κ3) is 6.18. The largest absolute Gasteiger partial charge is 0.493 e. The summed E-state index contributed by atoms with van der Waals surface area (Å²) in [6, 6.07) is 11.4. The zero-order chi connectivity index (χ0) is 24.6. The van der Waals surface area contributed by atoms with Crippen molar-refractivity contribution in [2.24, 2.45) is 5.10 Å². The lowest BCUT2D eigenvalue weighted by molar-refractivity contribution is -0.384. The molecule has 0 bridgehead atoms. The van der Waals surface area contributed by atoms with Gasteiger partial charge in [0.15, 0.2) is 23.1 Å². The predicted octanol–water partition coefficient (Wildman–Crippen LogP) is 3.39. The number of nitro groups is 1. The fourth-order valence-corrected chi connectivity index (χ4v) is 3.33. The molecule has 2 aromatic carbocycles. The van der Waals surface area contributed by atoms with Crippen molar-refractivity contribution in [3.8, 4) is 11.5 Å². The van der Waals surface area contributed by atoms with Crippen LogP contribution in [0.4, 0.5) is 21.8 Å². The van der Waals surface area contributed by atoms with Crippen LogP contribution in [0.3, 0.4) is 0 Å². The average molecular weight is 482 g/mol. The molecular weight excluding hydrogens is 459 g/mol. The Morgan fingerprint density at radius 1 is 1.23 bits per heavy atom. The molecule has 12 heteroatoms. The number of benzene rings is 2. The SMILES string of the molecule is COc1cc(/C=N/Nc2ncc(F)c(N3CCOCC3)n2)ccc1OCc1ccc([N+](=O)[O-])cc1. The molecular formula is C23H23FN6O5. The number of nitrogens with zero attached hydrogens (tertiary/aromatic N) is 5. The van der Waals surface area contributed by atoms with Crippen molar-refractivity contribution in [3.63, 3.8) is 0 Å². The normalized spacial score (nSPS) is 13.6. The van der Waals surface area contributed by atoms with Crippen LogP contribution in [0, 0.1) is 15.9 Å². The number of ether oxygens (including phenoxy) is 3. The molecule has 1 fully saturated rings. The van der Waals surface area contributed by atoms with Crippen molar-refractivity contribution < 1.29 is 23.5 Å². The first-order valence-corrected chi connectivity index (χ1v) is 10.7. The summed E-state index contributed by atoms with van der Waals surface area (Å²) in [6.45, 7) is 2.35. The maximum Gasteiger partial charge on any atom is 0.269 e. The number of halogens is 1. The molecule has 0 atom stereocenters. The van der Waals surface area contributed by atoms with Crippen LogP contribution in [0.5, 0.6) is 11.5 Å². The van der Waals surface area contributed by atoms with Crippen LogP contribution >= 0.6 is 0 Å². The van der Waals surface area contributed by atoms with Gasteiger partial charge < -0.3 is 19.1 Å². The molecule has 4 rings (SSSR count). The Bertz CT molecular complexity index is 1200. The Labute approximate surface area is 200 Å². The maximum atomic E-state index is 14.2. The highest BCUT2D eigenvalue weighted by molar-refractivity contribution is 5.81. The van der Waals surface area contributed by atoms with E-state index in [-0.39, 0.29) is 24.1 Å². The van der Waals surface area contributed by atoms with Crippen LogP contribution in [0.25, 0.3) is 0 Å². The molecule has 1 aliphatic rings. The Morgan fingerprint density at radius 2 is 2.00 bits per heavy atom. The minimum absolute atomic E-state index is 0.0203. The lowest BCUT2D eigenvalue weighted by atomic mass is 10.2. The highest BCUT2D eigenvalue weighted by Gasteiger charge is 2.17. The number of anilines is 2. The molecule has 35 heavy (non-hydrogen) atoms. The Morgan fingerprint density at radius 3 is 2.71 bits per heavy atom. The summed E-state index contributed by atoms with van der Waals surface area (Å²) in [4.78, 5) is 20.3. The number of aromatic nitrogens is 2. The molecule has 0 unspecified atom stereocenters. The number of hydrogen-bond donors (Lipinski definition) is 1. The van der Waals surface area contributed by atoms with Gasteiger partial charge in [-0.1, -0.05) is 0 Å². The quantitative estimate of drug-likeness (QED) is 0.278. The molecule has 0 amide bonds. The average Bonchev–Trinajstić information content (AvgIpc) is 2.89. The van der Waals surface area contributed by atoms with Crippen molar-refractivity contribution in [1.82, 2.24) is 9.97 Å². The summed E-state index contributed by atoms with van der Waals surface area (Å²) in [7, 11) is 1.52. The number of morpholine rings is 1. The number of hydrogen-bond acceptors (Lipinski definition) is 10. The van der Waals surface area contributed by atoms with E-state index >= 15 is 0 Å². The summed E-state index contributed by atoms with van der Waals surface area (Å²) in [5.74, 6) is 0.864. The molecule has 1 N–H and O–H groups in total. The van der Waals surface area contributed by atoms with Crippen molar-refractivity contribution in [2.45, 2.75) is 6.61 Å². The monoisotopic (exact) mass is 482 g/mol. The van der Waals surface area contributed by atoms with Gasteiger partial charge in [0.2, 0.25) is 5.95 Å². The summed E-state index contributed by atoms with van der Waals surface area (Å²) >= 11 is 0. The van der Waals surface area contributed by atoms with Crippen molar-refractivity contribution in [2.75, 3.05) is 43.7 Å². The highest BCUT2D eigenvalue weighted by atomic mass is 19.1. The highest BCUT2D eigenvalue weighted by Crippen LogP contribution is 2.28. The van der Waals surface area contributed by atoms with Crippen LogP contribution in [0.15, 0.2) is 53.8 Å². The van der Waals surface area contributed by atoms with Crippen LogP contribution in [-0.2, 0) is 11.3 Å². The van der Waals surface area contributed by atoms with E-state index in [2.05, 4.69) is 20.5 Å². The second-order valence-corrected chi connectivity index (χ2v) is 7.46. The zero-order valence-electron chi connectivity index (χ0n) is 18.9. The zero-order valence-corrected chi connectivity index (χ0v) is 18.9. The number of non-ortho nitro benzene ring substituents is 1. The van der Waals surface area contributed by atoms with Gasteiger partial charge in [-0.2, -0.15) is 10.1 Å². The lowest BCUT2D eigenvalue weighted by Crippen LogP contribution is -2.37. The summed E-state index contributed by atoms with van der Waals surface area (Å²) < 4.78 is 30.7. The van der Waals surface area contributed by atoms with E-state index in [1.54, 1.807) is 41.4 Å². The van der Waals surface area contributed by atoms with E-state index in [9.17, 15) is 14.5 Å². The third-order valence-corrected chi connectivity index (χ3v) is 5.14. The number of nitro benzene ring substituents is 1. The Balaban J connectivity index is 1.38. The number of hydrazone groups is 1. The van der Waals surface area contributed by atoms with E-state index in [0.29, 0.717) is 43.4 Å².